The molecule has 0 aliphatic carbocycles. The minimum absolute atomic E-state index is 0.452. The van der Waals surface area contributed by atoms with Gasteiger partial charge in [0.1, 0.15) is 17.9 Å². The van der Waals surface area contributed by atoms with Crippen LogP contribution in [0.1, 0.15) is 11.4 Å². The van der Waals surface area contributed by atoms with Crippen LogP contribution in [0.15, 0.2) is 41.0 Å². The zero-order valence-electron chi connectivity index (χ0n) is 11.3. The third kappa shape index (κ3) is 2.29. The minimum Gasteiger partial charge on any atom is -0.485 e. The maximum absolute atomic E-state index is 5.93. The van der Waals surface area contributed by atoms with Gasteiger partial charge in [-0.15, -0.1) is 0 Å². The molecule has 102 valence electrons. The molecule has 3 rings (SSSR count). The van der Waals surface area contributed by atoms with Crippen LogP contribution in [0.5, 0.6) is 5.75 Å². The van der Waals surface area contributed by atoms with Crippen molar-refractivity contribution in [2.75, 3.05) is 0 Å². The molecule has 0 fully saturated rings. The molecule has 0 saturated carbocycles. The first-order valence-electron chi connectivity index (χ1n) is 6.31. The molecule has 0 spiro atoms. The second kappa shape index (κ2) is 5.25. The van der Waals surface area contributed by atoms with Gasteiger partial charge >= 0.3 is 0 Å². The van der Waals surface area contributed by atoms with Crippen LogP contribution < -0.4 is 4.74 Å². The van der Waals surface area contributed by atoms with Gasteiger partial charge in [0.05, 0.1) is 15.9 Å². The van der Waals surface area contributed by atoms with Gasteiger partial charge < -0.3 is 4.74 Å². The Kier molecular flexibility index (Phi) is 3.44. The van der Waals surface area contributed by atoms with Crippen molar-refractivity contribution in [3.05, 3.63) is 52.4 Å². The Morgan fingerprint density at radius 2 is 2.05 bits per heavy atom. The maximum Gasteiger partial charge on any atom is 0.146 e. The Bertz CT molecular complexity index is 762. The molecule has 2 aromatic heterocycles. The average molecular weight is 332 g/mol. The van der Waals surface area contributed by atoms with E-state index >= 15 is 0 Å². The average Bonchev–Trinajstić information content (AvgIpc) is 2.70. The molecule has 0 unspecified atom stereocenters. The van der Waals surface area contributed by atoms with Gasteiger partial charge in [0, 0.05) is 18.6 Å². The van der Waals surface area contributed by atoms with Crippen LogP contribution in [0.2, 0.25) is 0 Å². The number of para-hydroxylation sites is 1. The number of pyridine rings is 1. The summed E-state index contributed by atoms with van der Waals surface area (Å²) in [6.45, 7) is 2.42. The topological polar surface area (TPSA) is 39.9 Å². The van der Waals surface area contributed by atoms with E-state index in [1.807, 2.05) is 49.0 Å². The summed E-state index contributed by atoms with van der Waals surface area (Å²) in [4.78, 5) is 4.38. The lowest BCUT2D eigenvalue weighted by Crippen LogP contribution is -2.04. The Balaban J connectivity index is 1.91. The van der Waals surface area contributed by atoms with E-state index in [0.29, 0.717) is 6.61 Å². The molecule has 5 heteroatoms. The fraction of sp³-hybridized carbons (Fsp3) is 0.200. The van der Waals surface area contributed by atoms with Gasteiger partial charge in [0.25, 0.3) is 0 Å². The van der Waals surface area contributed by atoms with Gasteiger partial charge in [-0.2, -0.15) is 5.10 Å². The SMILES string of the molecule is Cc1nn(C)c(COc2cccc3cccnc23)c1Br. The molecule has 0 aliphatic rings. The Morgan fingerprint density at radius 1 is 1.25 bits per heavy atom. The van der Waals surface area contributed by atoms with E-state index < -0.39 is 0 Å². The molecule has 0 bridgehead atoms. The van der Waals surface area contributed by atoms with Crippen molar-refractivity contribution >= 4 is 26.8 Å². The van der Waals surface area contributed by atoms with Gasteiger partial charge in [0.2, 0.25) is 0 Å². The van der Waals surface area contributed by atoms with E-state index in [-0.39, 0.29) is 0 Å². The molecule has 20 heavy (non-hydrogen) atoms. The quantitative estimate of drug-likeness (QED) is 0.735. The van der Waals surface area contributed by atoms with Gasteiger partial charge in [-0.1, -0.05) is 18.2 Å². The summed E-state index contributed by atoms with van der Waals surface area (Å²) in [6, 6.07) is 9.89. The third-order valence-corrected chi connectivity index (χ3v) is 4.25. The zero-order chi connectivity index (χ0) is 14.1. The normalized spacial score (nSPS) is 10.9. The molecular weight excluding hydrogens is 318 g/mol. The molecule has 1 aromatic carbocycles. The highest BCUT2D eigenvalue weighted by molar-refractivity contribution is 9.10. The number of ether oxygens (including phenoxy) is 1. The number of hydrogen-bond acceptors (Lipinski definition) is 3. The minimum atomic E-state index is 0.452. The second-order valence-electron chi connectivity index (χ2n) is 4.59. The Labute approximate surface area is 125 Å². The van der Waals surface area contributed by atoms with E-state index in [2.05, 4.69) is 26.0 Å². The number of rotatable bonds is 3. The fourth-order valence-electron chi connectivity index (χ4n) is 2.18. The highest BCUT2D eigenvalue weighted by Gasteiger charge is 2.12. The van der Waals surface area contributed by atoms with Gasteiger partial charge in [-0.25, -0.2) is 0 Å². The van der Waals surface area contributed by atoms with Crippen molar-refractivity contribution in [3.63, 3.8) is 0 Å². The fourth-order valence-corrected chi connectivity index (χ4v) is 2.63. The van der Waals surface area contributed by atoms with E-state index in [1.54, 1.807) is 6.20 Å². The maximum atomic E-state index is 5.93. The third-order valence-electron chi connectivity index (χ3n) is 3.22. The summed E-state index contributed by atoms with van der Waals surface area (Å²) in [6.07, 6.45) is 1.78. The smallest absolute Gasteiger partial charge is 0.146 e. The lowest BCUT2D eigenvalue weighted by Gasteiger charge is -2.09. The Hall–Kier alpha value is -1.88. The number of aromatic nitrogens is 3. The van der Waals surface area contributed by atoms with Crippen LogP contribution in [0.25, 0.3) is 10.9 Å². The van der Waals surface area contributed by atoms with Crippen molar-refractivity contribution in [1.82, 2.24) is 14.8 Å². The van der Waals surface area contributed by atoms with E-state index in [4.69, 9.17) is 4.74 Å². The van der Waals surface area contributed by atoms with Crippen molar-refractivity contribution in [2.24, 2.45) is 7.05 Å². The standard InChI is InChI=1S/C15H14BrN3O/c1-10-14(16)12(19(2)18-10)9-20-13-7-3-5-11-6-4-8-17-15(11)13/h3-8H,9H2,1-2H3. The number of benzene rings is 1. The summed E-state index contributed by atoms with van der Waals surface area (Å²) in [5.41, 5.74) is 2.85. The predicted molar refractivity (Wildman–Crippen MR) is 81.7 cm³/mol. The summed E-state index contributed by atoms with van der Waals surface area (Å²) in [5, 5.41) is 5.43. The van der Waals surface area contributed by atoms with Gasteiger partial charge in [-0.3, -0.25) is 9.67 Å². The van der Waals surface area contributed by atoms with E-state index in [1.165, 1.54) is 0 Å². The number of halogens is 1. The lowest BCUT2D eigenvalue weighted by molar-refractivity contribution is 0.297. The molecule has 0 amide bonds. The summed E-state index contributed by atoms with van der Waals surface area (Å²) >= 11 is 3.55. The number of hydrogen-bond donors (Lipinski definition) is 0. The Morgan fingerprint density at radius 3 is 2.80 bits per heavy atom. The molecular formula is C15H14BrN3O. The first-order chi connectivity index (χ1) is 9.66. The molecule has 2 heterocycles. The number of nitrogens with zero attached hydrogens (tertiary/aromatic N) is 3. The van der Waals surface area contributed by atoms with Crippen LogP contribution in [0.4, 0.5) is 0 Å². The van der Waals surface area contributed by atoms with Crippen LogP contribution >= 0.6 is 15.9 Å². The van der Waals surface area contributed by atoms with E-state index in [0.717, 1.165) is 32.5 Å². The first kappa shape index (κ1) is 13.1. The van der Waals surface area contributed by atoms with Crippen LogP contribution in [-0.4, -0.2) is 14.8 Å². The summed E-state index contributed by atoms with van der Waals surface area (Å²) in [5.74, 6) is 0.786. The number of fused-ring (bicyclic) bond motifs is 1. The molecule has 4 nitrogen and oxygen atoms in total. The van der Waals surface area contributed by atoms with Crippen molar-refractivity contribution < 1.29 is 4.74 Å². The molecule has 0 atom stereocenters. The van der Waals surface area contributed by atoms with Crippen molar-refractivity contribution in [2.45, 2.75) is 13.5 Å². The predicted octanol–water partition coefficient (Wildman–Crippen LogP) is 3.62. The molecule has 3 aromatic rings. The summed E-state index contributed by atoms with van der Waals surface area (Å²) in [7, 11) is 1.91. The highest BCUT2D eigenvalue weighted by Crippen LogP contribution is 2.26. The number of aryl methyl sites for hydroxylation is 2. The molecule has 0 N–H and O–H groups in total. The highest BCUT2D eigenvalue weighted by atomic mass is 79.9. The summed E-state index contributed by atoms with van der Waals surface area (Å²) < 4.78 is 8.75. The monoisotopic (exact) mass is 331 g/mol. The van der Waals surface area contributed by atoms with E-state index in [9.17, 15) is 0 Å². The van der Waals surface area contributed by atoms with Crippen molar-refractivity contribution in [3.8, 4) is 5.75 Å². The second-order valence-corrected chi connectivity index (χ2v) is 5.38. The molecule has 0 aliphatic heterocycles. The van der Waals surface area contributed by atoms with Crippen LogP contribution in [0, 0.1) is 6.92 Å². The van der Waals surface area contributed by atoms with Gasteiger partial charge in [-0.05, 0) is 35.0 Å². The van der Waals surface area contributed by atoms with Crippen LogP contribution in [0.3, 0.4) is 0 Å². The van der Waals surface area contributed by atoms with Crippen LogP contribution in [-0.2, 0) is 13.7 Å². The zero-order valence-corrected chi connectivity index (χ0v) is 12.9. The first-order valence-corrected chi connectivity index (χ1v) is 7.10. The molecule has 0 saturated heterocycles. The van der Waals surface area contributed by atoms with Gasteiger partial charge in [0.15, 0.2) is 0 Å². The molecule has 0 radical (unpaired) electrons. The van der Waals surface area contributed by atoms with Crippen molar-refractivity contribution in [1.29, 1.82) is 0 Å². The largest absolute Gasteiger partial charge is 0.485 e. The lowest BCUT2D eigenvalue weighted by atomic mass is 10.2.